The Labute approximate surface area is 117 Å². The first kappa shape index (κ1) is 13.9. The average molecular weight is 252 g/mol. The normalized spacial score (nSPS) is 10.8. The average Bonchev–Trinajstić information content (AvgIpc) is 2.44. The van der Waals surface area contributed by atoms with Crippen molar-refractivity contribution in [2.24, 2.45) is 0 Å². The van der Waals surface area contributed by atoms with Crippen LogP contribution in [0.15, 0.2) is 30.3 Å². The van der Waals surface area contributed by atoms with Crippen LogP contribution < -0.4 is 0 Å². The highest BCUT2D eigenvalue weighted by atomic mass is 14.2. The van der Waals surface area contributed by atoms with Gasteiger partial charge >= 0.3 is 0 Å². The van der Waals surface area contributed by atoms with Crippen LogP contribution in [-0.4, -0.2) is 0 Å². The van der Waals surface area contributed by atoms with Crippen molar-refractivity contribution in [1.29, 1.82) is 0 Å². The maximum atomic E-state index is 2.27. The lowest BCUT2D eigenvalue weighted by atomic mass is 9.87. The van der Waals surface area contributed by atoms with E-state index in [0.717, 1.165) is 12.8 Å². The summed E-state index contributed by atoms with van der Waals surface area (Å²) in [5, 5.41) is 0. The van der Waals surface area contributed by atoms with Crippen molar-refractivity contribution >= 4 is 0 Å². The molecule has 0 spiro atoms. The zero-order valence-electron chi connectivity index (χ0n) is 12.8. The number of rotatable bonds is 3. The van der Waals surface area contributed by atoms with Crippen molar-refractivity contribution in [1.82, 2.24) is 0 Å². The van der Waals surface area contributed by atoms with Crippen LogP contribution in [0.3, 0.4) is 0 Å². The number of hydrogen-bond donors (Lipinski definition) is 0. The smallest absolute Gasteiger partial charge is 0.0233 e. The number of benzene rings is 2. The van der Waals surface area contributed by atoms with Gasteiger partial charge in [-0.1, -0.05) is 30.3 Å². The first-order valence-corrected chi connectivity index (χ1v) is 7.12. The molecule has 0 unspecified atom stereocenters. The van der Waals surface area contributed by atoms with Gasteiger partial charge in [0.1, 0.15) is 0 Å². The summed E-state index contributed by atoms with van der Waals surface area (Å²) in [6.07, 6.45) is 2.27. The minimum atomic E-state index is 1.13. The van der Waals surface area contributed by atoms with Crippen LogP contribution in [0.5, 0.6) is 0 Å². The minimum Gasteiger partial charge on any atom is -0.0622 e. The molecule has 0 heteroatoms. The topological polar surface area (TPSA) is 0 Å². The Morgan fingerprint density at radius 1 is 0.579 bits per heavy atom. The predicted molar refractivity (Wildman–Crippen MR) is 84.0 cm³/mol. The van der Waals surface area contributed by atoms with Crippen molar-refractivity contribution < 1.29 is 0 Å². The highest BCUT2D eigenvalue weighted by molar-refractivity contribution is 5.49. The first-order valence-electron chi connectivity index (χ1n) is 7.12. The van der Waals surface area contributed by atoms with E-state index in [1.165, 1.54) is 33.4 Å². The van der Waals surface area contributed by atoms with Crippen molar-refractivity contribution in [2.75, 3.05) is 0 Å². The minimum absolute atomic E-state index is 1.13. The molecule has 0 nitrogen and oxygen atoms in total. The third-order valence-electron chi connectivity index (χ3n) is 4.66. The Morgan fingerprint density at radius 3 is 1.58 bits per heavy atom. The van der Waals surface area contributed by atoms with Crippen LogP contribution in [0.4, 0.5) is 0 Å². The Morgan fingerprint density at radius 2 is 1.05 bits per heavy atom. The molecule has 0 saturated heterocycles. The third kappa shape index (κ3) is 2.73. The molecule has 0 aromatic heterocycles. The van der Waals surface area contributed by atoms with E-state index in [4.69, 9.17) is 0 Å². The molecule has 2 rings (SSSR count). The lowest BCUT2D eigenvalue weighted by Crippen LogP contribution is -2.04. The molecule has 0 aliphatic carbocycles. The molecule has 100 valence electrons. The maximum Gasteiger partial charge on any atom is -0.0233 e. The Balaban J connectivity index is 2.31. The maximum absolute atomic E-state index is 2.27. The zero-order chi connectivity index (χ0) is 14.0. The monoisotopic (exact) mass is 252 g/mol. The summed E-state index contributed by atoms with van der Waals surface area (Å²) < 4.78 is 0. The molecule has 0 fully saturated rings. The lowest BCUT2D eigenvalue weighted by molar-refractivity contribution is 0.924. The molecular formula is C19H24. The van der Waals surface area contributed by atoms with Gasteiger partial charge in [-0.05, 0) is 86.4 Å². The molecule has 2 aromatic rings. The summed E-state index contributed by atoms with van der Waals surface area (Å²) in [5.74, 6) is 0. The summed E-state index contributed by atoms with van der Waals surface area (Å²) >= 11 is 0. The second kappa shape index (κ2) is 5.61. The fourth-order valence-corrected chi connectivity index (χ4v) is 2.87. The predicted octanol–water partition coefficient (Wildman–Crippen LogP) is 5.01. The second-order valence-corrected chi connectivity index (χ2v) is 5.59. The standard InChI is InChI=1S/C19H24/c1-13-14(2)16(4)19(17(5)15(13)3)12-11-18-9-7-6-8-10-18/h6-10H,11-12H2,1-5H3. The van der Waals surface area contributed by atoms with Crippen LogP contribution >= 0.6 is 0 Å². The van der Waals surface area contributed by atoms with Gasteiger partial charge in [0.15, 0.2) is 0 Å². The Bertz CT molecular complexity index is 548. The highest BCUT2D eigenvalue weighted by Crippen LogP contribution is 2.27. The zero-order valence-corrected chi connectivity index (χ0v) is 12.8. The van der Waals surface area contributed by atoms with Gasteiger partial charge in [0.25, 0.3) is 0 Å². The van der Waals surface area contributed by atoms with E-state index in [0.29, 0.717) is 0 Å². The van der Waals surface area contributed by atoms with E-state index >= 15 is 0 Å². The van der Waals surface area contributed by atoms with Gasteiger partial charge < -0.3 is 0 Å². The molecule has 2 aromatic carbocycles. The lowest BCUT2D eigenvalue weighted by Gasteiger charge is -2.18. The van der Waals surface area contributed by atoms with E-state index < -0.39 is 0 Å². The van der Waals surface area contributed by atoms with E-state index in [9.17, 15) is 0 Å². The Hall–Kier alpha value is -1.56. The van der Waals surface area contributed by atoms with E-state index in [-0.39, 0.29) is 0 Å². The van der Waals surface area contributed by atoms with Crippen LogP contribution in [0.2, 0.25) is 0 Å². The first-order chi connectivity index (χ1) is 9.02. The molecule has 0 N–H and O–H groups in total. The van der Waals surface area contributed by atoms with Crippen LogP contribution in [0, 0.1) is 34.6 Å². The van der Waals surface area contributed by atoms with Gasteiger partial charge in [-0.3, -0.25) is 0 Å². The molecule has 0 bridgehead atoms. The summed E-state index contributed by atoms with van der Waals surface area (Å²) in [6, 6.07) is 10.8. The fraction of sp³-hybridized carbons (Fsp3) is 0.368. The van der Waals surface area contributed by atoms with Gasteiger partial charge in [0.05, 0.1) is 0 Å². The van der Waals surface area contributed by atoms with E-state index in [1.807, 2.05) is 0 Å². The summed E-state index contributed by atoms with van der Waals surface area (Å²) in [6.45, 7) is 11.3. The van der Waals surface area contributed by atoms with Crippen LogP contribution in [0.1, 0.15) is 38.9 Å². The number of hydrogen-bond acceptors (Lipinski definition) is 0. The van der Waals surface area contributed by atoms with Gasteiger partial charge in [-0.15, -0.1) is 0 Å². The highest BCUT2D eigenvalue weighted by Gasteiger charge is 2.11. The molecule has 0 radical (unpaired) electrons. The van der Waals surface area contributed by atoms with Crippen LogP contribution in [-0.2, 0) is 12.8 Å². The van der Waals surface area contributed by atoms with Crippen molar-refractivity contribution in [3.05, 3.63) is 69.3 Å². The van der Waals surface area contributed by atoms with Gasteiger partial charge in [-0.25, -0.2) is 0 Å². The SMILES string of the molecule is Cc1c(C)c(C)c(CCc2ccccc2)c(C)c1C. The Kier molecular flexibility index (Phi) is 4.09. The quantitative estimate of drug-likeness (QED) is 0.720. The molecule has 0 aliphatic heterocycles. The van der Waals surface area contributed by atoms with E-state index in [1.54, 1.807) is 5.56 Å². The molecule has 0 atom stereocenters. The summed E-state index contributed by atoms with van der Waals surface area (Å²) in [5.41, 5.74) is 10.3. The van der Waals surface area contributed by atoms with Gasteiger partial charge in [-0.2, -0.15) is 0 Å². The van der Waals surface area contributed by atoms with Crippen molar-refractivity contribution in [2.45, 2.75) is 47.5 Å². The fourth-order valence-electron chi connectivity index (χ4n) is 2.87. The molecular weight excluding hydrogens is 228 g/mol. The summed E-state index contributed by atoms with van der Waals surface area (Å²) in [7, 11) is 0. The van der Waals surface area contributed by atoms with Gasteiger partial charge in [0.2, 0.25) is 0 Å². The molecule has 19 heavy (non-hydrogen) atoms. The second-order valence-electron chi connectivity index (χ2n) is 5.59. The van der Waals surface area contributed by atoms with Crippen molar-refractivity contribution in [3.63, 3.8) is 0 Å². The molecule has 0 aliphatic rings. The van der Waals surface area contributed by atoms with Crippen LogP contribution in [0.25, 0.3) is 0 Å². The van der Waals surface area contributed by atoms with E-state index in [2.05, 4.69) is 65.0 Å². The number of aryl methyl sites for hydroxylation is 1. The van der Waals surface area contributed by atoms with Gasteiger partial charge in [0, 0.05) is 0 Å². The molecule has 0 saturated carbocycles. The molecule has 0 amide bonds. The third-order valence-corrected chi connectivity index (χ3v) is 4.66. The largest absolute Gasteiger partial charge is 0.0622 e. The molecule has 0 heterocycles. The summed E-state index contributed by atoms with van der Waals surface area (Å²) in [4.78, 5) is 0. The van der Waals surface area contributed by atoms with Crippen molar-refractivity contribution in [3.8, 4) is 0 Å².